The first kappa shape index (κ1) is 9.51. The second kappa shape index (κ2) is 3.89. The zero-order valence-electron chi connectivity index (χ0n) is 5.01. The first-order valence-corrected chi connectivity index (χ1v) is 5.26. The first-order chi connectivity index (χ1) is 5.15. The van der Waals surface area contributed by atoms with Crippen molar-refractivity contribution >= 4 is 60.0 Å². The first-order valence-electron chi connectivity index (χ1n) is 2.48. The Balaban J connectivity index is 3.07. The molecule has 0 fully saturated rings. The molecule has 0 aromatic carbocycles. The maximum Gasteiger partial charge on any atom is 0.185 e. The van der Waals surface area contributed by atoms with E-state index in [9.17, 15) is 0 Å². The molecule has 0 spiro atoms. The molecule has 60 valence electrons. The SMILES string of the molecule is ON=C(Cl)c1cc(Br)c(Br)s1. The van der Waals surface area contributed by atoms with E-state index in [1.807, 2.05) is 0 Å². The van der Waals surface area contributed by atoms with Gasteiger partial charge in [0.1, 0.15) is 0 Å². The van der Waals surface area contributed by atoms with E-state index in [0.717, 1.165) is 8.26 Å². The van der Waals surface area contributed by atoms with Gasteiger partial charge in [0, 0.05) is 4.47 Å². The van der Waals surface area contributed by atoms with E-state index < -0.39 is 0 Å². The zero-order valence-corrected chi connectivity index (χ0v) is 9.76. The Labute approximate surface area is 89.1 Å². The molecule has 1 N–H and O–H groups in total. The Morgan fingerprint density at radius 1 is 1.64 bits per heavy atom. The highest BCUT2D eigenvalue weighted by Gasteiger charge is 2.07. The summed E-state index contributed by atoms with van der Waals surface area (Å²) in [7, 11) is 0. The molecule has 0 aliphatic rings. The van der Waals surface area contributed by atoms with Crippen LogP contribution in [0.5, 0.6) is 0 Å². The van der Waals surface area contributed by atoms with Gasteiger partial charge in [0.05, 0.1) is 8.66 Å². The Bertz CT molecular complexity index is 279. The van der Waals surface area contributed by atoms with Crippen molar-refractivity contribution in [3.63, 3.8) is 0 Å². The maximum absolute atomic E-state index is 8.32. The minimum absolute atomic E-state index is 0.0985. The molecule has 0 unspecified atom stereocenters. The molecule has 0 radical (unpaired) electrons. The molecule has 0 atom stereocenters. The van der Waals surface area contributed by atoms with Crippen molar-refractivity contribution in [1.82, 2.24) is 0 Å². The van der Waals surface area contributed by atoms with Crippen LogP contribution in [0.3, 0.4) is 0 Å². The highest BCUT2D eigenvalue weighted by Crippen LogP contribution is 2.33. The smallest absolute Gasteiger partial charge is 0.185 e. The third-order valence-corrected chi connectivity index (χ3v) is 4.59. The van der Waals surface area contributed by atoms with Crippen LogP contribution in [0.1, 0.15) is 4.88 Å². The lowest BCUT2D eigenvalue weighted by atomic mass is 10.5. The van der Waals surface area contributed by atoms with E-state index in [4.69, 9.17) is 16.8 Å². The van der Waals surface area contributed by atoms with Crippen molar-refractivity contribution in [2.45, 2.75) is 0 Å². The van der Waals surface area contributed by atoms with Crippen LogP contribution < -0.4 is 0 Å². The third-order valence-electron chi connectivity index (χ3n) is 0.936. The summed E-state index contributed by atoms with van der Waals surface area (Å²) in [6, 6.07) is 1.77. The van der Waals surface area contributed by atoms with Crippen LogP contribution in [0, 0.1) is 0 Å². The van der Waals surface area contributed by atoms with Gasteiger partial charge < -0.3 is 5.21 Å². The lowest BCUT2D eigenvalue weighted by molar-refractivity contribution is 0.321. The molecule has 1 aromatic heterocycles. The summed E-state index contributed by atoms with van der Waals surface area (Å²) >= 11 is 13.5. The largest absolute Gasteiger partial charge is 0.410 e. The van der Waals surface area contributed by atoms with Gasteiger partial charge in [0.25, 0.3) is 0 Å². The fraction of sp³-hybridized carbons (Fsp3) is 0. The van der Waals surface area contributed by atoms with E-state index in [2.05, 4.69) is 37.0 Å². The molecule has 0 aliphatic carbocycles. The fourth-order valence-electron chi connectivity index (χ4n) is 0.498. The normalized spacial score (nSPS) is 12.1. The van der Waals surface area contributed by atoms with Crippen molar-refractivity contribution in [3.8, 4) is 0 Å². The molecule has 0 bridgehead atoms. The van der Waals surface area contributed by atoms with E-state index in [1.165, 1.54) is 11.3 Å². The van der Waals surface area contributed by atoms with Crippen LogP contribution in [0.4, 0.5) is 0 Å². The molecule has 0 aliphatic heterocycles. The van der Waals surface area contributed by atoms with E-state index in [1.54, 1.807) is 6.07 Å². The van der Waals surface area contributed by atoms with Crippen molar-refractivity contribution in [3.05, 3.63) is 19.2 Å². The van der Waals surface area contributed by atoms with Gasteiger partial charge in [-0.05, 0) is 37.9 Å². The van der Waals surface area contributed by atoms with Crippen LogP contribution in [0.15, 0.2) is 19.5 Å². The van der Waals surface area contributed by atoms with Gasteiger partial charge in [0.15, 0.2) is 5.17 Å². The molecule has 2 nitrogen and oxygen atoms in total. The predicted molar refractivity (Wildman–Crippen MR) is 53.9 cm³/mol. The summed E-state index contributed by atoms with van der Waals surface area (Å²) in [6.07, 6.45) is 0. The zero-order chi connectivity index (χ0) is 8.43. The Morgan fingerprint density at radius 2 is 2.27 bits per heavy atom. The Hall–Kier alpha value is 0.420. The summed E-state index contributed by atoms with van der Waals surface area (Å²) < 4.78 is 1.83. The van der Waals surface area contributed by atoms with Gasteiger partial charge in [-0.1, -0.05) is 16.8 Å². The van der Waals surface area contributed by atoms with Gasteiger partial charge >= 0.3 is 0 Å². The summed E-state index contributed by atoms with van der Waals surface area (Å²) in [5.74, 6) is 0. The van der Waals surface area contributed by atoms with Gasteiger partial charge in [0.2, 0.25) is 0 Å². The molecule has 1 aromatic rings. The van der Waals surface area contributed by atoms with Crippen molar-refractivity contribution in [2.24, 2.45) is 5.16 Å². The standard InChI is InChI=1S/C5H2Br2ClNOS/c6-2-1-3(5(8)9-10)11-4(2)7/h1,10H. The minimum atomic E-state index is 0.0985. The second-order valence-electron chi connectivity index (χ2n) is 1.62. The van der Waals surface area contributed by atoms with E-state index >= 15 is 0 Å². The van der Waals surface area contributed by atoms with Crippen LogP contribution in [0.25, 0.3) is 0 Å². The van der Waals surface area contributed by atoms with Crippen molar-refractivity contribution < 1.29 is 5.21 Å². The average molecular weight is 319 g/mol. The third kappa shape index (κ3) is 2.18. The molecule has 6 heteroatoms. The number of oxime groups is 1. The Morgan fingerprint density at radius 3 is 2.64 bits per heavy atom. The predicted octanol–water partition coefficient (Wildman–Crippen LogP) is 3.65. The van der Waals surface area contributed by atoms with Crippen LogP contribution >= 0.6 is 54.8 Å². The number of rotatable bonds is 1. The molecule has 0 saturated heterocycles. The summed E-state index contributed by atoms with van der Waals surface area (Å²) in [5, 5.41) is 11.3. The molecular weight excluding hydrogens is 317 g/mol. The number of thiophene rings is 1. The molecule has 1 heterocycles. The van der Waals surface area contributed by atoms with Gasteiger partial charge in [-0.3, -0.25) is 0 Å². The van der Waals surface area contributed by atoms with Crippen LogP contribution in [0.2, 0.25) is 0 Å². The van der Waals surface area contributed by atoms with Crippen LogP contribution in [-0.2, 0) is 0 Å². The quantitative estimate of drug-likeness (QED) is 0.478. The molecule has 11 heavy (non-hydrogen) atoms. The topological polar surface area (TPSA) is 32.6 Å². The second-order valence-corrected chi connectivity index (χ2v) is 5.21. The highest BCUT2D eigenvalue weighted by atomic mass is 79.9. The fourth-order valence-corrected chi connectivity index (χ4v) is 2.58. The summed E-state index contributed by atoms with van der Waals surface area (Å²) in [5.41, 5.74) is 0. The number of nitrogens with zero attached hydrogens (tertiary/aromatic N) is 1. The summed E-state index contributed by atoms with van der Waals surface area (Å²) in [4.78, 5) is 0.716. The van der Waals surface area contributed by atoms with Crippen molar-refractivity contribution in [1.29, 1.82) is 0 Å². The molecule has 0 amide bonds. The lowest BCUT2D eigenvalue weighted by Crippen LogP contribution is -1.83. The minimum Gasteiger partial charge on any atom is -0.410 e. The molecular formula is C5H2Br2ClNOS. The average Bonchev–Trinajstić information content (AvgIpc) is 2.31. The lowest BCUT2D eigenvalue weighted by Gasteiger charge is -1.84. The van der Waals surface area contributed by atoms with Crippen molar-refractivity contribution in [2.75, 3.05) is 0 Å². The number of hydrogen-bond acceptors (Lipinski definition) is 3. The highest BCUT2D eigenvalue weighted by molar-refractivity contribution is 9.13. The molecule has 1 rings (SSSR count). The van der Waals surface area contributed by atoms with E-state index in [-0.39, 0.29) is 5.17 Å². The van der Waals surface area contributed by atoms with Gasteiger partial charge in [-0.15, -0.1) is 11.3 Å². The number of hydrogen-bond donors (Lipinski definition) is 1. The Kier molecular flexibility index (Phi) is 3.36. The number of halogens is 3. The van der Waals surface area contributed by atoms with Gasteiger partial charge in [-0.25, -0.2) is 0 Å². The summed E-state index contributed by atoms with van der Waals surface area (Å²) in [6.45, 7) is 0. The van der Waals surface area contributed by atoms with Crippen LogP contribution in [-0.4, -0.2) is 10.4 Å². The van der Waals surface area contributed by atoms with E-state index in [0.29, 0.717) is 4.88 Å². The monoisotopic (exact) mass is 317 g/mol. The maximum atomic E-state index is 8.32. The molecule has 0 saturated carbocycles. The van der Waals surface area contributed by atoms with Gasteiger partial charge in [-0.2, -0.15) is 0 Å².